The van der Waals surface area contributed by atoms with Gasteiger partial charge in [-0.3, -0.25) is 20.4 Å². The normalized spacial score (nSPS) is 14.6. The van der Waals surface area contributed by atoms with Gasteiger partial charge in [-0.05, 0) is 18.6 Å². The number of ketones is 1. The number of carbonyl (C=O) groups excluding carboxylic acids is 2. The third kappa shape index (κ3) is 4.43. The van der Waals surface area contributed by atoms with E-state index in [0.717, 1.165) is 0 Å². The highest BCUT2D eigenvalue weighted by atomic mass is 19.2. The van der Waals surface area contributed by atoms with Gasteiger partial charge in [0.25, 0.3) is 0 Å². The monoisotopic (exact) mass is 354 g/mol. The van der Waals surface area contributed by atoms with Gasteiger partial charge in [0.15, 0.2) is 11.6 Å². The lowest BCUT2D eigenvalue weighted by molar-refractivity contribution is -0.135. The Morgan fingerprint density at radius 1 is 1.12 bits per heavy atom. The fraction of sp³-hybridized carbons (Fsp3) is 0.375. The van der Waals surface area contributed by atoms with Crippen molar-refractivity contribution in [2.75, 3.05) is 19.6 Å². The first-order valence-electron chi connectivity index (χ1n) is 7.52. The number of nitrogens with one attached hydrogen (secondary N) is 2. The minimum Gasteiger partial charge on any atom is -0.333 e. The van der Waals surface area contributed by atoms with Gasteiger partial charge in [0.05, 0.1) is 18.8 Å². The van der Waals surface area contributed by atoms with Crippen LogP contribution in [0.4, 0.5) is 13.2 Å². The zero-order valence-corrected chi connectivity index (χ0v) is 13.5. The molecule has 0 bridgehead atoms. The van der Waals surface area contributed by atoms with Gasteiger partial charge in [-0.2, -0.15) is 0 Å². The first kappa shape index (κ1) is 18.6. The van der Waals surface area contributed by atoms with Gasteiger partial charge >= 0.3 is 0 Å². The first-order chi connectivity index (χ1) is 11.7. The van der Waals surface area contributed by atoms with Gasteiger partial charge in [0.2, 0.25) is 5.91 Å². The molecule has 1 saturated heterocycles. The molecule has 0 aliphatic carbocycles. The number of Topliss-reactive ketones (excluding diaryl/α,β-unsaturated/α-hetero) is 1. The molecule has 0 unspecified atom stereocenters. The number of hydrogen-bond acceptors (Lipinski definition) is 4. The summed E-state index contributed by atoms with van der Waals surface area (Å²) < 4.78 is 39.6. The predicted octanol–water partition coefficient (Wildman–Crippen LogP) is 1.72. The Morgan fingerprint density at radius 3 is 2.36 bits per heavy atom. The Bertz CT molecular complexity index is 751. The van der Waals surface area contributed by atoms with Crippen LogP contribution in [0, 0.1) is 28.3 Å². The second kappa shape index (κ2) is 7.45. The summed E-state index contributed by atoms with van der Waals surface area (Å²) >= 11 is 0. The highest BCUT2D eigenvalue weighted by molar-refractivity contribution is 6.03. The van der Waals surface area contributed by atoms with Gasteiger partial charge in [0.1, 0.15) is 17.4 Å². The van der Waals surface area contributed by atoms with E-state index in [1.54, 1.807) is 0 Å². The SMILES string of the molecule is CC(=N)N1CCN(C(=O)CC(=O)Cc2cc(F)c(F)cc2F)CC1=N. The minimum atomic E-state index is -1.34. The van der Waals surface area contributed by atoms with E-state index < -0.39 is 42.0 Å². The summed E-state index contributed by atoms with van der Waals surface area (Å²) in [7, 11) is 0. The molecule has 1 aromatic carbocycles. The molecule has 0 aromatic heterocycles. The van der Waals surface area contributed by atoms with Gasteiger partial charge in [-0.1, -0.05) is 0 Å². The number of benzene rings is 1. The third-order valence-electron chi connectivity index (χ3n) is 3.84. The molecular weight excluding hydrogens is 337 g/mol. The number of amidine groups is 2. The second-order valence-corrected chi connectivity index (χ2v) is 5.75. The van der Waals surface area contributed by atoms with Crippen LogP contribution in [0.25, 0.3) is 0 Å². The summed E-state index contributed by atoms with van der Waals surface area (Å²) in [5, 5.41) is 15.3. The van der Waals surface area contributed by atoms with Crippen LogP contribution in [0.1, 0.15) is 18.9 Å². The maximum atomic E-state index is 13.5. The van der Waals surface area contributed by atoms with Gasteiger partial charge in [-0.15, -0.1) is 0 Å². The molecular formula is C16H17F3N4O2. The van der Waals surface area contributed by atoms with E-state index in [0.29, 0.717) is 12.1 Å². The van der Waals surface area contributed by atoms with Gasteiger partial charge in [0, 0.05) is 25.6 Å². The fourth-order valence-electron chi connectivity index (χ4n) is 2.54. The smallest absolute Gasteiger partial charge is 0.230 e. The quantitative estimate of drug-likeness (QED) is 0.373. The largest absolute Gasteiger partial charge is 0.333 e. The molecule has 1 aliphatic rings. The number of piperazine rings is 1. The maximum absolute atomic E-state index is 13.5. The minimum absolute atomic E-state index is 0.0259. The zero-order chi connectivity index (χ0) is 18.7. The lowest BCUT2D eigenvalue weighted by Gasteiger charge is -2.35. The Morgan fingerprint density at radius 2 is 1.76 bits per heavy atom. The molecule has 134 valence electrons. The van der Waals surface area contributed by atoms with E-state index in [-0.39, 0.29) is 36.9 Å². The topological polar surface area (TPSA) is 88.3 Å². The lowest BCUT2D eigenvalue weighted by atomic mass is 10.1. The van der Waals surface area contributed by atoms with E-state index >= 15 is 0 Å². The number of carbonyl (C=O) groups is 2. The van der Waals surface area contributed by atoms with Crippen molar-refractivity contribution in [3.63, 3.8) is 0 Å². The number of rotatable bonds is 4. The van der Waals surface area contributed by atoms with Crippen molar-refractivity contribution in [2.45, 2.75) is 19.8 Å². The Balaban J connectivity index is 1.95. The molecule has 2 N–H and O–H groups in total. The molecule has 6 nitrogen and oxygen atoms in total. The van der Waals surface area contributed by atoms with E-state index in [2.05, 4.69) is 0 Å². The van der Waals surface area contributed by atoms with Crippen molar-refractivity contribution in [3.05, 3.63) is 35.1 Å². The molecule has 0 radical (unpaired) electrons. The number of hydrogen-bond donors (Lipinski definition) is 2. The molecule has 1 fully saturated rings. The molecule has 1 aromatic rings. The molecule has 1 aliphatic heterocycles. The Hall–Kier alpha value is -2.71. The van der Waals surface area contributed by atoms with Crippen LogP contribution >= 0.6 is 0 Å². The van der Waals surface area contributed by atoms with Crippen LogP contribution in [-0.4, -0.2) is 52.8 Å². The van der Waals surface area contributed by atoms with Gasteiger partial charge in [-0.25, -0.2) is 13.2 Å². The summed E-state index contributed by atoms with van der Waals surface area (Å²) in [5.41, 5.74) is -0.311. The van der Waals surface area contributed by atoms with Crippen molar-refractivity contribution in [1.29, 1.82) is 10.8 Å². The fourth-order valence-corrected chi connectivity index (χ4v) is 2.54. The molecule has 0 spiro atoms. The zero-order valence-electron chi connectivity index (χ0n) is 13.5. The van der Waals surface area contributed by atoms with Crippen LogP contribution in [0.5, 0.6) is 0 Å². The van der Waals surface area contributed by atoms with Crippen molar-refractivity contribution in [1.82, 2.24) is 9.80 Å². The van der Waals surface area contributed by atoms with E-state index in [4.69, 9.17) is 10.8 Å². The average Bonchev–Trinajstić information content (AvgIpc) is 2.52. The summed E-state index contributed by atoms with van der Waals surface area (Å²) in [6.07, 6.45) is -1.04. The number of amides is 1. The number of nitrogens with zero attached hydrogens (tertiary/aromatic N) is 2. The van der Waals surface area contributed by atoms with Crippen LogP contribution in [0.2, 0.25) is 0 Å². The summed E-state index contributed by atoms with van der Waals surface area (Å²) in [6, 6.07) is 0.967. The van der Waals surface area contributed by atoms with E-state index in [9.17, 15) is 22.8 Å². The second-order valence-electron chi connectivity index (χ2n) is 5.75. The van der Waals surface area contributed by atoms with Crippen LogP contribution < -0.4 is 0 Å². The maximum Gasteiger partial charge on any atom is 0.230 e. The molecule has 1 heterocycles. The summed E-state index contributed by atoms with van der Waals surface area (Å²) in [6.45, 7) is 2.05. The van der Waals surface area contributed by atoms with Crippen LogP contribution in [0.15, 0.2) is 12.1 Å². The molecule has 0 atom stereocenters. The van der Waals surface area contributed by atoms with Crippen molar-refractivity contribution in [2.24, 2.45) is 0 Å². The van der Waals surface area contributed by atoms with Crippen molar-refractivity contribution in [3.8, 4) is 0 Å². The molecule has 9 heteroatoms. The van der Waals surface area contributed by atoms with E-state index in [1.165, 1.54) is 16.7 Å². The van der Waals surface area contributed by atoms with Crippen molar-refractivity contribution >= 4 is 23.4 Å². The molecule has 0 saturated carbocycles. The van der Waals surface area contributed by atoms with Crippen molar-refractivity contribution < 1.29 is 22.8 Å². The number of halogens is 3. The molecule has 2 rings (SSSR count). The predicted molar refractivity (Wildman–Crippen MR) is 84.1 cm³/mol. The van der Waals surface area contributed by atoms with Crippen LogP contribution in [-0.2, 0) is 16.0 Å². The Kier molecular flexibility index (Phi) is 5.55. The first-order valence-corrected chi connectivity index (χ1v) is 7.52. The standard InChI is InChI=1S/C16H17F3N4O2/c1-9(20)23-3-2-22(8-15(23)21)16(25)6-11(24)4-10-5-13(18)14(19)7-12(10)17/h5,7,20-21H,2-4,6,8H2,1H3. The summed E-state index contributed by atoms with van der Waals surface area (Å²) in [4.78, 5) is 26.8. The summed E-state index contributed by atoms with van der Waals surface area (Å²) in [5.74, 6) is -4.54. The average molecular weight is 354 g/mol. The highest BCUT2D eigenvalue weighted by Gasteiger charge is 2.27. The Labute approximate surface area is 142 Å². The van der Waals surface area contributed by atoms with Gasteiger partial charge < -0.3 is 9.80 Å². The lowest BCUT2D eigenvalue weighted by Crippen LogP contribution is -2.53. The molecule has 25 heavy (non-hydrogen) atoms. The third-order valence-corrected chi connectivity index (χ3v) is 3.84. The molecule has 1 amide bonds. The van der Waals surface area contributed by atoms with E-state index in [1.807, 2.05) is 0 Å². The highest BCUT2D eigenvalue weighted by Crippen LogP contribution is 2.15. The van der Waals surface area contributed by atoms with Crippen LogP contribution in [0.3, 0.4) is 0 Å².